The van der Waals surface area contributed by atoms with E-state index in [-0.39, 0.29) is 11.9 Å². The van der Waals surface area contributed by atoms with Gasteiger partial charge in [-0.1, -0.05) is 71.1 Å². The predicted molar refractivity (Wildman–Crippen MR) is 116 cm³/mol. The third-order valence-electron chi connectivity index (χ3n) is 4.83. The summed E-state index contributed by atoms with van der Waals surface area (Å²) >= 11 is 0. The topological polar surface area (TPSA) is 52.6 Å². The molecule has 0 unspecified atom stereocenters. The Morgan fingerprint density at radius 3 is 2.03 bits per heavy atom. The predicted octanol–water partition coefficient (Wildman–Crippen LogP) is 6.55. The molecule has 29 heavy (non-hydrogen) atoms. The zero-order valence-electron chi connectivity index (χ0n) is 17.8. The molecule has 2 rings (SSSR count). The second-order valence-electron chi connectivity index (χ2n) is 7.56. The van der Waals surface area contributed by atoms with Crippen LogP contribution in [-0.4, -0.2) is 18.5 Å². The Hall–Kier alpha value is -2.62. The largest absolute Gasteiger partial charge is 0.462 e. The van der Waals surface area contributed by atoms with Crippen LogP contribution in [0.25, 0.3) is 0 Å². The molecular weight excluding hydrogens is 364 g/mol. The van der Waals surface area contributed by atoms with E-state index in [0.29, 0.717) is 23.5 Å². The number of unbranched alkanes of at least 4 members (excludes halogenated alkanes) is 5. The van der Waals surface area contributed by atoms with Crippen molar-refractivity contribution in [2.45, 2.75) is 65.2 Å². The maximum absolute atomic E-state index is 12.5. The Morgan fingerprint density at radius 1 is 0.793 bits per heavy atom. The molecule has 156 valence electrons. The van der Waals surface area contributed by atoms with Gasteiger partial charge in [0.1, 0.15) is 5.75 Å². The van der Waals surface area contributed by atoms with Crippen LogP contribution >= 0.6 is 0 Å². The van der Waals surface area contributed by atoms with E-state index in [1.807, 2.05) is 18.2 Å². The molecule has 0 aromatic heterocycles. The van der Waals surface area contributed by atoms with E-state index < -0.39 is 5.97 Å². The summed E-state index contributed by atoms with van der Waals surface area (Å²) in [4.78, 5) is 24.6. The van der Waals surface area contributed by atoms with E-state index >= 15 is 0 Å². The molecule has 0 spiro atoms. The summed E-state index contributed by atoms with van der Waals surface area (Å²) in [7, 11) is 0. The first kappa shape index (κ1) is 22.7. The molecule has 0 aliphatic rings. The maximum Gasteiger partial charge on any atom is 0.343 e. The molecule has 0 saturated heterocycles. The number of carbonyl (C=O) groups excluding carboxylic acids is 2. The van der Waals surface area contributed by atoms with Crippen LogP contribution in [0.4, 0.5) is 0 Å². The molecular formula is C25H32O4. The molecule has 0 aliphatic carbocycles. The molecule has 0 bridgehead atoms. The quantitative estimate of drug-likeness (QED) is 0.246. The van der Waals surface area contributed by atoms with Gasteiger partial charge in [0, 0.05) is 0 Å². The SMILES string of the molecule is CCCCCCCCOC(=O)c1ccc(C(=O)Oc2ccccc2C(C)C)cc1. The lowest BCUT2D eigenvalue weighted by atomic mass is 10.0. The van der Waals surface area contributed by atoms with Crippen LogP contribution in [-0.2, 0) is 4.74 Å². The van der Waals surface area contributed by atoms with Crippen LogP contribution < -0.4 is 4.74 Å². The Kier molecular flexibility index (Phi) is 9.42. The average Bonchev–Trinajstić information content (AvgIpc) is 2.73. The Morgan fingerprint density at radius 2 is 1.38 bits per heavy atom. The van der Waals surface area contributed by atoms with Crippen molar-refractivity contribution in [1.29, 1.82) is 0 Å². The minimum Gasteiger partial charge on any atom is -0.462 e. The minimum absolute atomic E-state index is 0.253. The molecule has 0 atom stereocenters. The molecule has 4 nitrogen and oxygen atoms in total. The van der Waals surface area contributed by atoms with E-state index in [1.165, 1.54) is 25.7 Å². The van der Waals surface area contributed by atoms with Gasteiger partial charge >= 0.3 is 11.9 Å². The van der Waals surface area contributed by atoms with Crippen LogP contribution in [0.3, 0.4) is 0 Å². The van der Waals surface area contributed by atoms with Crippen LogP contribution in [0.15, 0.2) is 48.5 Å². The third-order valence-corrected chi connectivity index (χ3v) is 4.83. The number of benzene rings is 2. The van der Waals surface area contributed by atoms with Crippen molar-refractivity contribution < 1.29 is 19.1 Å². The standard InChI is InChI=1S/C25H32O4/c1-4-5-6-7-8-11-18-28-24(26)20-14-16-21(17-15-20)25(27)29-23-13-10-9-12-22(23)19(2)3/h9-10,12-17,19H,4-8,11,18H2,1-3H3. The van der Waals surface area contributed by atoms with E-state index in [0.717, 1.165) is 18.4 Å². The highest BCUT2D eigenvalue weighted by Crippen LogP contribution is 2.26. The number of hydrogen-bond donors (Lipinski definition) is 0. The summed E-state index contributed by atoms with van der Waals surface area (Å²) in [5.41, 5.74) is 1.82. The molecule has 0 heterocycles. The van der Waals surface area contributed by atoms with Crippen molar-refractivity contribution >= 4 is 11.9 Å². The molecule has 0 aliphatic heterocycles. The molecule has 0 amide bonds. The first-order valence-corrected chi connectivity index (χ1v) is 10.6. The summed E-state index contributed by atoms with van der Waals surface area (Å²) in [5.74, 6) is 0.0199. The molecule has 2 aromatic rings. The fraction of sp³-hybridized carbons (Fsp3) is 0.440. The van der Waals surface area contributed by atoms with E-state index in [1.54, 1.807) is 30.3 Å². The number of ether oxygens (including phenoxy) is 2. The van der Waals surface area contributed by atoms with Crippen molar-refractivity contribution in [3.63, 3.8) is 0 Å². The highest BCUT2D eigenvalue weighted by Gasteiger charge is 2.14. The molecule has 4 heteroatoms. The van der Waals surface area contributed by atoms with Gasteiger partial charge in [0.2, 0.25) is 0 Å². The molecule has 0 fully saturated rings. The fourth-order valence-electron chi connectivity index (χ4n) is 3.08. The van der Waals surface area contributed by atoms with E-state index in [9.17, 15) is 9.59 Å². The molecule has 0 radical (unpaired) electrons. The molecule has 0 saturated carbocycles. The normalized spacial score (nSPS) is 10.8. The van der Waals surface area contributed by atoms with Gasteiger partial charge in [0.25, 0.3) is 0 Å². The van der Waals surface area contributed by atoms with Gasteiger partial charge < -0.3 is 9.47 Å². The number of esters is 2. The van der Waals surface area contributed by atoms with Gasteiger partial charge in [-0.2, -0.15) is 0 Å². The zero-order valence-corrected chi connectivity index (χ0v) is 17.8. The van der Waals surface area contributed by atoms with Crippen LogP contribution in [0.2, 0.25) is 0 Å². The summed E-state index contributed by atoms with van der Waals surface area (Å²) < 4.78 is 10.9. The van der Waals surface area contributed by atoms with Crippen LogP contribution in [0, 0.1) is 0 Å². The van der Waals surface area contributed by atoms with Gasteiger partial charge in [0.05, 0.1) is 17.7 Å². The van der Waals surface area contributed by atoms with Gasteiger partial charge in [0.15, 0.2) is 0 Å². The fourth-order valence-corrected chi connectivity index (χ4v) is 3.08. The van der Waals surface area contributed by atoms with Gasteiger partial charge in [-0.3, -0.25) is 0 Å². The summed E-state index contributed by atoms with van der Waals surface area (Å²) in [6.07, 6.45) is 6.87. The first-order valence-electron chi connectivity index (χ1n) is 10.6. The second-order valence-corrected chi connectivity index (χ2v) is 7.56. The Labute approximate surface area is 174 Å². The zero-order chi connectivity index (χ0) is 21.1. The lowest BCUT2D eigenvalue weighted by Crippen LogP contribution is -2.11. The Bertz CT molecular complexity index is 778. The lowest BCUT2D eigenvalue weighted by molar-refractivity contribution is 0.0497. The smallest absolute Gasteiger partial charge is 0.343 e. The Balaban J connectivity index is 1.85. The summed E-state index contributed by atoms with van der Waals surface area (Å²) in [6, 6.07) is 13.9. The van der Waals surface area contributed by atoms with Crippen molar-refractivity contribution in [3.05, 3.63) is 65.2 Å². The number of para-hydroxylation sites is 1. The van der Waals surface area contributed by atoms with Crippen molar-refractivity contribution in [2.24, 2.45) is 0 Å². The highest BCUT2D eigenvalue weighted by atomic mass is 16.5. The highest BCUT2D eigenvalue weighted by molar-refractivity contribution is 5.94. The van der Waals surface area contributed by atoms with Crippen LogP contribution in [0.5, 0.6) is 5.75 Å². The summed E-state index contributed by atoms with van der Waals surface area (Å²) in [5, 5.41) is 0. The van der Waals surface area contributed by atoms with Gasteiger partial charge in [-0.25, -0.2) is 9.59 Å². The first-order chi connectivity index (χ1) is 14.0. The van der Waals surface area contributed by atoms with E-state index in [2.05, 4.69) is 20.8 Å². The number of rotatable bonds is 11. The van der Waals surface area contributed by atoms with E-state index in [4.69, 9.17) is 9.47 Å². The number of hydrogen-bond acceptors (Lipinski definition) is 4. The minimum atomic E-state index is -0.440. The lowest BCUT2D eigenvalue weighted by Gasteiger charge is -2.12. The van der Waals surface area contributed by atoms with Crippen molar-refractivity contribution in [1.82, 2.24) is 0 Å². The second kappa shape index (κ2) is 12.1. The van der Waals surface area contributed by atoms with Gasteiger partial charge in [-0.05, 0) is 48.2 Å². The average molecular weight is 397 g/mol. The molecule has 0 N–H and O–H groups in total. The number of carbonyl (C=O) groups is 2. The van der Waals surface area contributed by atoms with Crippen molar-refractivity contribution in [3.8, 4) is 5.75 Å². The molecule has 2 aromatic carbocycles. The maximum atomic E-state index is 12.5. The summed E-state index contributed by atoms with van der Waals surface area (Å²) in [6.45, 7) is 6.73. The van der Waals surface area contributed by atoms with Crippen molar-refractivity contribution in [2.75, 3.05) is 6.61 Å². The van der Waals surface area contributed by atoms with Crippen LogP contribution in [0.1, 0.15) is 91.5 Å². The van der Waals surface area contributed by atoms with Gasteiger partial charge in [-0.15, -0.1) is 0 Å². The third kappa shape index (κ3) is 7.37. The monoisotopic (exact) mass is 396 g/mol.